The number of nitrogens with one attached hydrogen (secondary N) is 1. The lowest BCUT2D eigenvalue weighted by molar-refractivity contribution is -0.0316. The average Bonchev–Trinajstić information content (AvgIpc) is 2.59. The van der Waals surface area contributed by atoms with Gasteiger partial charge in [0.1, 0.15) is 0 Å². The number of ether oxygens (including phenoxy) is 2. The molecule has 2 atom stereocenters. The Labute approximate surface area is 164 Å². The fourth-order valence-electron chi connectivity index (χ4n) is 4.27. The second kappa shape index (κ2) is 10.1. The molecule has 1 amide bonds. The van der Waals surface area contributed by atoms with Gasteiger partial charge < -0.3 is 14.4 Å². The number of likely N-dealkylation sites (tertiary alicyclic amines) is 1. The maximum atomic E-state index is 12.4. The van der Waals surface area contributed by atoms with Gasteiger partial charge in [0.25, 0.3) is 0 Å². The van der Waals surface area contributed by atoms with Gasteiger partial charge in [-0.05, 0) is 57.3 Å². The monoisotopic (exact) mass is 404 g/mol. The number of amides is 1. The van der Waals surface area contributed by atoms with Crippen LogP contribution in [0, 0.1) is 11.8 Å². The normalized spacial score (nSPS) is 29.7. The first kappa shape index (κ1) is 22.4. The first-order valence-electron chi connectivity index (χ1n) is 10.2. The highest BCUT2D eigenvalue weighted by Crippen LogP contribution is 2.31. The first-order chi connectivity index (χ1) is 12.7. The van der Waals surface area contributed by atoms with Crippen molar-refractivity contribution in [3.05, 3.63) is 0 Å². The zero-order valence-electron chi connectivity index (χ0n) is 17.1. The predicted octanol–water partition coefficient (Wildman–Crippen LogP) is 2.76. The van der Waals surface area contributed by atoms with E-state index in [0.717, 1.165) is 31.4 Å². The number of piperidine rings is 1. The number of nitrogens with zero attached hydrogens (tertiary/aromatic N) is 1. The van der Waals surface area contributed by atoms with Crippen molar-refractivity contribution in [1.82, 2.24) is 9.62 Å². The smallest absolute Gasteiger partial charge is 0.410 e. The summed E-state index contributed by atoms with van der Waals surface area (Å²) in [6, 6.07) is -0.680. The van der Waals surface area contributed by atoms with E-state index in [1.165, 1.54) is 12.8 Å². The van der Waals surface area contributed by atoms with Crippen LogP contribution in [0.5, 0.6) is 0 Å². The number of carbonyl (C=O) groups is 1. The molecule has 1 saturated carbocycles. The van der Waals surface area contributed by atoms with Gasteiger partial charge in [0, 0.05) is 12.6 Å². The molecule has 1 heterocycles. The summed E-state index contributed by atoms with van der Waals surface area (Å²) < 4.78 is 37.6. The van der Waals surface area contributed by atoms with Gasteiger partial charge in [0.2, 0.25) is 10.0 Å². The molecule has 0 aromatic heterocycles. The summed E-state index contributed by atoms with van der Waals surface area (Å²) in [4.78, 5) is 14.0. The van der Waals surface area contributed by atoms with Gasteiger partial charge >= 0.3 is 6.09 Å². The minimum atomic E-state index is -3.36. The Kier molecular flexibility index (Phi) is 8.37. The topological polar surface area (TPSA) is 84.9 Å². The van der Waals surface area contributed by atoms with Crippen LogP contribution in [0.4, 0.5) is 4.79 Å². The third-order valence-electron chi connectivity index (χ3n) is 5.81. The Hall–Kier alpha value is -0.860. The van der Waals surface area contributed by atoms with Crippen LogP contribution in [0.25, 0.3) is 0 Å². The molecule has 1 aliphatic heterocycles. The van der Waals surface area contributed by atoms with Crippen LogP contribution in [0.15, 0.2) is 0 Å². The van der Waals surface area contributed by atoms with Crippen LogP contribution < -0.4 is 4.72 Å². The van der Waals surface area contributed by atoms with Crippen LogP contribution in [-0.2, 0) is 19.5 Å². The quantitative estimate of drug-likeness (QED) is 0.705. The zero-order chi connectivity index (χ0) is 20.0. The first-order valence-corrected chi connectivity index (χ1v) is 12.1. The number of sulfonamides is 1. The molecule has 0 aromatic rings. The number of carbonyl (C=O) groups excluding carboxylic acids is 1. The molecule has 1 saturated heterocycles. The molecule has 0 aromatic carbocycles. The molecule has 8 heteroatoms. The maximum Gasteiger partial charge on any atom is 0.410 e. The highest BCUT2D eigenvalue weighted by Gasteiger charge is 2.37. The Bertz CT molecular complexity index is 573. The predicted molar refractivity (Wildman–Crippen MR) is 105 cm³/mol. The molecule has 1 N–H and O–H groups in total. The molecular weight excluding hydrogens is 368 g/mol. The van der Waals surface area contributed by atoms with E-state index in [1.807, 2.05) is 0 Å². The van der Waals surface area contributed by atoms with Crippen LogP contribution in [-0.4, -0.2) is 63.6 Å². The Morgan fingerprint density at radius 1 is 1.19 bits per heavy atom. The van der Waals surface area contributed by atoms with Gasteiger partial charge in [-0.3, -0.25) is 0 Å². The second-order valence-electron chi connectivity index (χ2n) is 8.21. The minimum Gasteiger partial charge on any atom is -0.450 e. The lowest BCUT2D eigenvalue weighted by Crippen LogP contribution is -2.59. The Morgan fingerprint density at radius 3 is 2.41 bits per heavy atom. The summed E-state index contributed by atoms with van der Waals surface area (Å²) in [6.07, 6.45) is 6.76. The third kappa shape index (κ3) is 6.91. The second-order valence-corrected chi connectivity index (χ2v) is 9.99. The SMILES string of the molecule is CCOC(=O)N1CCC[C@H](NS(C)(=O)=O)[C@@H]1CO[C@H]1CC[C@@H](C(C)C)CC1. The van der Waals surface area contributed by atoms with E-state index in [9.17, 15) is 13.2 Å². The molecule has 0 bridgehead atoms. The molecule has 7 nitrogen and oxygen atoms in total. The van der Waals surface area contributed by atoms with Crippen molar-refractivity contribution in [2.75, 3.05) is 26.0 Å². The minimum absolute atomic E-state index is 0.185. The van der Waals surface area contributed by atoms with Crippen molar-refractivity contribution in [2.24, 2.45) is 11.8 Å². The Morgan fingerprint density at radius 2 is 1.85 bits per heavy atom. The van der Waals surface area contributed by atoms with Crippen molar-refractivity contribution in [2.45, 2.75) is 77.5 Å². The molecule has 0 radical (unpaired) electrons. The largest absolute Gasteiger partial charge is 0.450 e. The van der Waals surface area contributed by atoms with Crippen molar-refractivity contribution in [1.29, 1.82) is 0 Å². The van der Waals surface area contributed by atoms with Gasteiger partial charge in [0.05, 0.1) is 31.6 Å². The average molecular weight is 405 g/mol. The molecule has 27 heavy (non-hydrogen) atoms. The summed E-state index contributed by atoms with van der Waals surface area (Å²) in [5, 5.41) is 0. The standard InChI is InChI=1S/C19H36N2O5S/c1-5-25-19(22)21-12-6-7-17(20-27(4,23)24)18(21)13-26-16-10-8-15(9-11-16)14(2)3/h14-18,20H,5-13H2,1-4H3/t15-,16+,17-,18-/m0/s1. The van der Waals surface area contributed by atoms with E-state index in [4.69, 9.17) is 9.47 Å². The lowest BCUT2D eigenvalue weighted by atomic mass is 9.80. The maximum absolute atomic E-state index is 12.4. The summed E-state index contributed by atoms with van der Waals surface area (Å²) in [5.74, 6) is 1.46. The van der Waals surface area contributed by atoms with Crippen molar-refractivity contribution in [3.63, 3.8) is 0 Å². The molecule has 2 aliphatic rings. The zero-order valence-corrected chi connectivity index (χ0v) is 18.0. The van der Waals surface area contributed by atoms with Crippen LogP contribution in [0.2, 0.25) is 0 Å². The van der Waals surface area contributed by atoms with Gasteiger partial charge in [-0.1, -0.05) is 13.8 Å². The van der Waals surface area contributed by atoms with E-state index >= 15 is 0 Å². The van der Waals surface area contributed by atoms with E-state index in [1.54, 1.807) is 11.8 Å². The van der Waals surface area contributed by atoms with E-state index < -0.39 is 16.1 Å². The van der Waals surface area contributed by atoms with E-state index in [-0.39, 0.29) is 18.2 Å². The molecule has 158 valence electrons. The molecule has 2 fully saturated rings. The number of hydrogen-bond acceptors (Lipinski definition) is 5. The van der Waals surface area contributed by atoms with Crippen molar-refractivity contribution >= 4 is 16.1 Å². The summed E-state index contributed by atoms with van der Waals surface area (Å²) in [6.45, 7) is 7.51. The fourth-order valence-corrected chi connectivity index (χ4v) is 5.09. The van der Waals surface area contributed by atoms with E-state index in [0.29, 0.717) is 32.1 Å². The highest BCUT2D eigenvalue weighted by atomic mass is 32.2. The molecule has 0 spiro atoms. The third-order valence-corrected chi connectivity index (χ3v) is 6.54. The molecule has 2 rings (SSSR count). The van der Waals surface area contributed by atoms with Gasteiger partial charge in [-0.15, -0.1) is 0 Å². The van der Waals surface area contributed by atoms with Crippen molar-refractivity contribution < 1.29 is 22.7 Å². The lowest BCUT2D eigenvalue weighted by Gasteiger charge is -2.41. The van der Waals surface area contributed by atoms with Crippen LogP contribution >= 0.6 is 0 Å². The summed E-state index contributed by atoms with van der Waals surface area (Å²) in [5.41, 5.74) is 0. The number of hydrogen-bond donors (Lipinski definition) is 1. The molecule has 0 unspecified atom stereocenters. The van der Waals surface area contributed by atoms with Crippen LogP contribution in [0.1, 0.15) is 59.3 Å². The van der Waals surface area contributed by atoms with Crippen LogP contribution in [0.3, 0.4) is 0 Å². The summed E-state index contributed by atoms with van der Waals surface area (Å²) in [7, 11) is -3.36. The van der Waals surface area contributed by atoms with E-state index in [2.05, 4.69) is 18.6 Å². The summed E-state index contributed by atoms with van der Waals surface area (Å²) >= 11 is 0. The molecular formula is C19H36N2O5S. The Balaban J connectivity index is 2.00. The molecule has 1 aliphatic carbocycles. The van der Waals surface area contributed by atoms with Gasteiger partial charge in [0.15, 0.2) is 0 Å². The van der Waals surface area contributed by atoms with Gasteiger partial charge in [-0.2, -0.15) is 0 Å². The van der Waals surface area contributed by atoms with Crippen molar-refractivity contribution in [3.8, 4) is 0 Å². The van der Waals surface area contributed by atoms with Gasteiger partial charge in [-0.25, -0.2) is 17.9 Å². The highest BCUT2D eigenvalue weighted by molar-refractivity contribution is 7.88. The number of rotatable bonds is 7. The fraction of sp³-hybridized carbons (Fsp3) is 0.947.